The van der Waals surface area contributed by atoms with E-state index in [-0.39, 0.29) is 6.04 Å². The highest BCUT2D eigenvalue weighted by Crippen LogP contribution is 2.32. The first-order chi connectivity index (χ1) is 10.3. The fourth-order valence-corrected chi connectivity index (χ4v) is 3.32. The molecule has 1 aliphatic rings. The van der Waals surface area contributed by atoms with E-state index in [0.717, 1.165) is 25.1 Å². The summed E-state index contributed by atoms with van der Waals surface area (Å²) in [6.45, 7) is 3.30. The molecule has 110 valence electrons. The van der Waals surface area contributed by atoms with Gasteiger partial charge in [-0.2, -0.15) is 0 Å². The Morgan fingerprint density at radius 1 is 1.14 bits per heavy atom. The van der Waals surface area contributed by atoms with Crippen LogP contribution in [0.4, 0.5) is 0 Å². The molecule has 1 fully saturated rings. The Kier molecular flexibility index (Phi) is 4.32. The first kappa shape index (κ1) is 14.2. The summed E-state index contributed by atoms with van der Waals surface area (Å²) in [7, 11) is 0. The Labute approximate surface area is 126 Å². The quantitative estimate of drug-likeness (QED) is 0.940. The van der Waals surface area contributed by atoms with E-state index in [9.17, 15) is 0 Å². The van der Waals surface area contributed by atoms with Crippen molar-refractivity contribution in [2.75, 3.05) is 6.54 Å². The maximum atomic E-state index is 6.12. The molecule has 1 aliphatic heterocycles. The fraction of sp³-hybridized carbons (Fsp3) is 0.389. The van der Waals surface area contributed by atoms with Crippen molar-refractivity contribution in [1.29, 1.82) is 0 Å². The minimum Gasteiger partial charge on any atom is -0.328 e. The van der Waals surface area contributed by atoms with E-state index in [1.807, 2.05) is 12.3 Å². The molecular weight excluding hydrogens is 258 g/mol. The molecule has 2 aromatic rings. The fourth-order valence-electron chi connectivity index (χ4n) is 3.32. The van der Waals surface area contributed by atoms with Crippen LogP contribution in [0.5, 0.6) is 0 Å². The van der Waals surface area contributed by atoms with Crippen LogP contribution in [0.2, 0.25) is 0 Å². The zero-order valence-electron chi connectivity index (χ0n) is 12.5. The van der Waals surface area contributed by atoms with Crippen molar-refractivity contribution in [2.45, 2.75) is 37.9 Å². The predicted molar refractivity (Wildman–Crippen MR) is 85.9 cm³/mol. The molecule has 0 spiro atoms. The van der Waals surface area contributed by atoms with Crippen LogP contribution in [0, 0.1) is 0 Å². The second-order valence-corrected chi connectivity index (χ2v) is 5.94. The maximum absolute atomic E-state index is 6.12. The van der Waals surface area contributed by atoms with E-state index < -0.39 is 0 Å². The van der Waals surface area contributed by atoms with Gasteiger partial charge in [0.05, 0.1) is 11.7 Å². The number of aromatic nitrogens is 1. The molecule has 0 amide bonds. The van der Waals surface area contributed by atoms with E-state index in [1.54, 1.807) is 0 Å². The summed E-state index contributed by atoms with van der Waals surface area (Å²) >= 11 is 0. The Balaban J connectivity index is 1.97. The third-order valence-electron chi connectivity index (χ3n) is 4.38. The molecule has 2 N–H and O–H groups in total. The SMILES string of the molecule is CC1CC(N)CCN1C(c1ccccc1)c1ccccn1. The molecule has 3 unspecified atom stereocenters. The minimum atomic E-state index is 0.218. The highest BCUT2D eigenvalue weighted by molar-refractivity contribution is 5.28. The van der Waals surface area contributed by atoms with Crippen molar-refractivity contribution >= 4 is 0 Å². The lowest BCUT2D eigenvalue weighted by atomic mass is 9.93. The summed E-state index contributed by atoms with van der Waals surface area (Å²) in [5, 5.41) is 0. The third kappa shape index (κ3) is 3.14. The molecule has 0 aliphatic carbocycles. The maximum Gasteiger partial charge on any atom is 0.0778 e. The molecule has 21 heavy (non-hydrogen) atoms. The van der Waals surface area contributed by atoms with E-state index in [2.05, 4.69) is 59.3 Å². The summed E-state index contributed by atoms with van der Waals surface area (Å²) in [5.41, 5.74) is 8.54. The van der Waals surface area contributed by atoms with Crippen molar-refractivity contribution in [2.24, 2.45) is 5.73 Å². The summed E-state index contributed by atoms with van der Waals surface area (Å²) in [6.07, 6.45) is 3.99. The number of nitrogens with two attached hydrogens (primary N) is 1. The second-order valence-electron chi connectivity index (χ2n) is 5.94. The standard InChI is InChI=1S/C18H23N3/c1-14-13-16(19)10-12-21(14)18(15-7-3-2-4-8-15)17-9-5-6-11-20-17/h2-9,11,14,16,18H,10,12-13,19H2,1H3. The average molecular weight is 281 g/mol. The van der Waals surface area contributed by atoms with Crippen LogP contribution < -0.4 is 5.73 Å². The number of likely N-dealkylation sites (tertiary alicyclic amines) is 1. The minimum absolute atomic E-state index is 0.218. The number of pyridine rings is 1. The van der Waals surface area contributed by atoms with Gasteiger partial charge >= 0.3 is 0 Å². The Bertz CT molecular complexity index is 516. The zero-order valence-corrected chi connectivity index (χ0v) is 12.5. The largest absolute Gasteiger partial charge is 0.328 e. The van der Waals surface area contributed by atoms with Gasteiger partial charge in [-0.15, -0.1) is 0 Å². The zero-order chi connectivity index (χ0) is 14.7. The number of rotatable bonds is 3. The number of hydrogen-bond donors (Lipinski definition) is 1. The van der Waals surface area contributed by atoms with Gasteiger partial charge in [0.15, 0.2) is 0 Å². The second kappa shape index (κ2) is 6.37. The van der Waals surface area contributed by atoms with Crippen LogP contribution in [-0.4, -0.2) is 28.5 Å². The molecule has 1 aromatic heterocycles. The normalized spacial score (nSPS) is 24.7. The van der Waals surface area contributed by atoms with Gasteiger partial charge in [0.1, 0.15) is 0 Å². The third-order valence-corrected chi connectivity index (χ3v) is 4.38. The van der Waals surface area contributed by atoms with E-state index in [0.29, 0.717) is 12.1 Å². The number of benzene rings is 1. The van der Waals surface area contributed by atoms with Gasteiger partial charge in [0.25, 0.3) is 0 Å². The summed E-state index contributed by atoms with van der Waals surface area (Å²) in [5.74, 6) is 0. The molecule has 3 heteroatoms. The highest BCUT2D eigenvalue weighted by atomic mass is 15.2. The number of hydrogen-bond acceptors (Lipinski definition) is 3. The molecule has 0 radical (unpaired) electrons. The van der Waals surface area contributed by atoms with Crippen molar-refractivity contribution in [3.8, 4) is 0 Å². The van der Waals surface area contributed by atoms with Gasteiger partial charge in [-0.25, -0.2) is 0 Å². The molecule has 3 atom stereocenters. The van der Waals surface area contributed by atoms with E-state index in [1.165, 1.54) is 5.56 Å². The van der Waals surface area contributed by atoms with Gasteiger partial charge in [0.2, 0.25) is 0 Å². The van der Waals surface area contributed by atoms with Gasteiger partial charge in [0, 0.05) is 24.8 Å². The first-order valence-electron chi connectivity index (χ1n) is 7.73. The molecule has 1 saturated heterocycles. The summed E-state index contributed by atoms with van der Waals surface area (Å²) < 4.78 is 0. The predicted octanol–water partition coefficient (Wildman–Crippen LogP) is 2.98. The van der Waals surface area contributed by atoms with Crippen LogP contribution >= 0.6 is 0 Å². The average Bonchev–Trinajstić information content (AvgIpc) is 2.52. The number of piperidine rings is 1. The Hall–Kier alpha value is -1.71. The molecule has 0 saturated carbocycles. The van der Waals surface area contributed by atoms with Gasteiger partial charge in [-0.05, 0) is 37.5 Å². The Morgan fingerprint density at radius 2 is 1.90 bits per heavy atom. The van der Waals surface area contributed by atoms with Crippen LogP contribution in [0.3, 0.4) is 0 Å². The molecule has 2 heterocycles. The molecule has 0 bridgehead atoms. The highest BCUT2D eigenvalue weighted by Gasteiger charge is 2.31. The van der Waals surface area contributed by atoms with Crippen LogP contribution in [0.1, 0.15) is 37.1 Å². The Morgan fingerprint density at radius 3 is 2.57 bits per heavy atom. The monoisotopic (exact) mass is 281 g/mol. The molecule has 3 rings (SSSR count). The van der Waals surface area contributed by atoms with Gasteiger partial charge in [-0.3, -0.25) is 9.88 Å². The van der Waals surface area contributed by atoms with Crippen LogP contribution in [0.25, 0.3) is 0 Å². The van der Waals surface area contributed by atoms with Crippen LogP contribution in [-0.2, 0) is 0 Å². The van der Waals surface area contributed by atoms with Gasteiger partial charge < -0.3 is 5.73 Å². The number of nitrogens with zero attached hydrogens (tertiary/aromatic N) is 2. The van der Waals surface area contributed by atoms with Crippen molar-refractivity contribution in [3.05, 3.63) is 66.0 Å². The summed E-state index contributed by atoms with van der Waals surface area (Å²) in [6, 6.07) is 17.8. The lowest BCUT2D eigenvalue weighted by Crippen LogP contribution is -2.47. The smallest absolute Gasteiger partial charge is 0.0778 e. The van der Waals surface area contributed by atoms with Crippen molar-refractivity contribution in [1.82, 2.24) is 9.88 Å². The van der Waals surface area contributed by atoms with E-state index >= 15 is 0 Å². The van der Waals surface area contributed by atoms with Gasteiger partial charge in [-0.1, -0.05) is 36.4 Å². The first-order valence-corrected chi connectivity index (χ1v) is 7.73. The molecule has 3 nitrogen and oxygen atoms in total. The van der Waals surface area contributed by atoms with Crippen molar-refractivity contribution in [3.63, 3.8) is 0 Å². The summed E-state index contributed by atoms with van der Waals surface area (Å²) in [4.78, 5) is 7.15. The van der Waals surface area contributed by atoms with Crippen molar-refractivity contribution < 1.29 is 0 Å². The topological polar surface area (TPSA) is 42.1 Å². The van der Waals surface area contributed by atoms with E-state index in [4.69, 9.17) is 5.73 Å². The van der Waals surface area contributed by atoms with Crippen LogP contribution in [0.15, 0.2) is 54.7 Å². The lowest BCUT2D eigenvalue weighted by Gasteiger charge is -2.41. The molecular formula is C18H23N3. The molecule has 1 aromatic carbocycles. The lowest BCUT2D eigenvalue weighted by molar-refractivity contribution is 0.112.